The van der Waals surface area contributed by atoms with Crippen LogP contribution in [-0.4, -0.2) is 38.7 Å². The lowest BCUT2D eigenvalue weighted by Crippen LogP contribution is -2.43. The van der Waals surface area contributed by atoms with E-state index in [1.807, 2.05) is 12.4 Å². The second-order valence-electron chi connectivity index (χ2n) is 4.61. The summed E-state index contributed by atoms with van der Waals surface area (Å²) in [6, 6.07) is 0.739. The third kappa shape index (κ3) is 2.39. The summed E-state index contributed by atoms with van der Waals surface area (Å²) in [6.45, 7) is 5.29. The van der Waals surface area contributed by atoms with Crippen LogP contribution in [0.1, 0.15) is 38.3 Å². The number of rotatable bonds is 2. The van der Waals surface area contributed by atoms with E-state index in [0.717, 1.165) is 24.9 Å². The Morgan fingerprint density at radius 3 is 2.75 bits per heavy atom. The monoisotopic (exact) mass is 221 g/mol. The number of hydrogen-bond donors (Lipinski definition) is 1. The van der Waals surface area contributed by atoms with Gasteiger partial charge in [0.1, 0.15) is 6.33 Å². The molecule has 3 atom stereocenters. The van der Waals surface area contributed by atoms with Gasteiger partial charge in [-0.2, -0.15) is 0 Å². The summed E-state index contributed by atoms with van der Waals surface area (Å²) in [5, 5.41) is 9.60. The molecule has 2 rings (SSSR count). The highest BCUT2D eigenvalue weighted by atomic mass is 16.3. The average Bonchev–Trinajstić information content (AvgIpc) is 2.29. The lowest BCUT2D eigenvalue weighted by molar-refractivity contribution is 0.0275. The fraction of sp³-hybridized carbons (Fsp3) is 0.667. The lowest BCUT2D eigenvalue weighted by atomic mass is 9.97. The second kappa shape index (κ2) is 4.89. The van der Waals surface area contributed by atoms with E-state index in [9.17, 15) is 5.11 Å². The van der Waals surface area contributed by atoms with Crippen molar-refractivity contribution in [2.45, 2.75) is 44.9 Å². The fourth-order valence-corrected chi connectivity index (χ4v) is 2.46. The van der Waals surface area contributed by atoms with Crippen LogP contribution in [0.15, 0.2) is 18.7 Å². The number of piperidine rings is 1. The van der Waals surface area contributed by atoms with E-state index in [1.165, 1.54) is 0 Å². The molecule has 2 heterocycles. The summed E-state index contributed by atoms with van der Waals surface area (Å²) in [5.74, 6) is 0. The van der Waals surface area contributed by atoms with Crippen molar-refractivity contribution in [3.63, 3.8) is 0 Å². The minimum absolute atomic E-state index is 0.134. The molecule has 1 saturated heterocycles. The first-order chi connectivity index (χ1) is 7.68. The van der Waals surface area contributed by atoms with Gasteiger partial charge in [0.15, 0.2) is 0 Å². The smallest absolute Gasteiger partial charge is 0.115 e. The van der Waals surface area contributed by atoms with Crippen LogP contribution < -0.4 is 0 Å². The van der Waals surface area contributed by atoms with Crippen LogP contribution in [0.25, 0.3) is 0 Å². The molecule has 1 aliphatic heterocycles. The average molecular weight is 221 g/mol. The molecule has 1 aliphatic rings. The van der Waals surface area contributed by atoms with Gasteiger partial charge in [-0.25, -0.2) is 9.97 Å². The zero-order valence-corrected chi connectivity index (χ0v) is 9.87. The first-order valence-electron chi connectivity index (χ1n) is 5.87. The Kier molecular flexibility index (Phi) is 3.51. The molecule has 1 N–H and O–H groups in total. The number of aliphatic hydroxyl groups is 1. The van der Waals surface area contributed by atoms with Crippen molar-refractivity contribution in [2.24, 2.45) is 0 Å². The standard InChI is InChI=1S/C12H19N3O/c1-9-5-12(16)3-4-15(9)10(2)11-6-13-8-14-7-11/h6-10,12,16H,3-5H2,1-2H3. The maximum absolute atomic E-state index is 9.60. The molecular weight excluding hydrogens is 202 g/mol. The zero-order valence-electron chi connectivity index (χ0n) is 9.87. The third-order valence-corrected chi connectivity index (χ3v) is 3.46. The minimum atomic E-state index is -0.134. The van der Waals surface area contributed by atoms with Crippen molar-refractivity contribution in [2.75, 3.05) is 6.54 Å². The first-order valence-corrected chi connectivity index (χ1v) is 5.87. The van der Waals surface area contributed by atoms with Gasteiger partial charge >= 0.3 is 0 Å². The molecule has 1 fully saturated rings. The quantitative estimate of drug-likeness (QED) is 0.819. The molecule has 1 aromatic rings. The molecule has 0 amide bonds. The number of aromatic nitrogens is 2. The summed E-state index contributed by atoms with van der Waals surface area (Å²) in [5.41, 5.74) is 1.14. The van der Waals surface area contributed by atoms with Gasteiger partial charge in [-0.1, -0.05) is 0 Å². The molecular formula is C12H19N3O. The van der Waals surface area contributed by atoms with Crippen LogP contribution >= 0.6 is 0 Å². The normalized spacial score (nSPS) is 28.9. The van der Waals surface area contributed by atoms with Crippen molar-refractivity contribution < 1.29 is 5.11 Å². The van der Waals surface area contributed by atoms with Crippen molar-refractivity contribution >= 4 is 0 Å². The van der Waals surface area contributed by atoms with Crippen molar-refractivity contribution in [3.8, 4) is 0 Å². The van der Waals surface area contributed by atoms with Gasteiger partial charge < -0.3 is 5.11 Å². The number of aliphatic hydroxyl groups excluding tert-OH is 1. The SMILES string of the molecule is CC1CC(O)CCN1C(C)c1cncnc1. The van der Waals surface area contributed by atoms with Gasteiger partial charge in [-0.05, 0) is 26.7 Å². The molecule has 0 aromatic carbocycles. The maximum atomic E-state index is 9.60. The highest BCUT2D eigenvalue weighted by Gasteiger charge is 2.28. The van der Waals surface area contributed by atoms with Crippen molar-refractivity contribution in [1.82, 2.24) is 14.9 Å². The molecule has 4 heteroatoms. The Bertz CT molecular complexity index is 330. The van der Waals surface area contributed by atoms with Crippen LogP contribution in [0.4, 0.5) is 0 Å². The summed E-state index contributed by atoms with van der Waals surface area (Å²) in [6.07, 6.45) is 6.88. The van der Waals surface area contributed by atoms with Gasteiger partial charge in [0.05, 0.1) is 6.10 Å². The van der Waals surface area contributed by atoms with Crippen LogP contribution in [0, 0.1) is 0 Å². The van der Waals surface area contributed by atoms with E-state index in [-0.39, 0.29) is 6.10 Å². The Balaban J connectivity index is 2.07. The molecule has 4 nitrogen and oxygen atoms in total. The predicted molar refractivity (Wildman–Crippen MR) is 61.9 cm³/mol. The lowest BCUT2D eigenvalue weighted by Gasteiger charge is -2.39. The van der Waals surface area contributed by atoms with Crippen molar-refractivity contribution in [3.05, 3.63) is 24.3 Å². The van der Waals surface area contributed by atoms with E-state index in [1.54, 1.807) is 6.33 Å². The van der Waals surface area contributed by atoms with Crippen LogP contribution in [-0.2, 0) is 0 Å². The van der Waals surface area contributed by atoms with Gasteiger partial charge in [-0.15, -0.1) is 0 Å². The summed E-state index contributed by atoms with van der Waals surface area (Å²) >= 11 is 0. The van der Waals surface area contributed by atoms with Gasteiger partial charge in [0.2, 0.25) is 0 Å². The predicted octanol–water partition coefficient (Wildman–Crippen LogP) is 1.38. The third-order valence-electron chi connectivity index (χ3n) is 3.46. The summed E-state index contributed by atoms with van der Waals surface area (Å²) < 4.78 is 0. The van der Waals surface area contributed by atoms with Crippen LogP contribution in [0.2, 0.25) is 0 Å². The van der Waals surface area contributed by atoms with E-state index in [2.05, 4.69) is 28.7 Å². The molecule has 88 valence electrons. The number of nitrogens with zero attached hydrogens (tertiary/aromatic N) is 3. The molecule has 16 heavy (non-hydrogen) atoms. The number of likely N-dealkylation sites (tertiary alicyclic amines) is 1. The minimum Gasteiger partial charge on any atom is -0.393 e. The Hall–Kier alpha value is -1.00. The summed E-state index contributed by atoms with van der Waals surface area (Å²) in [4.78, 5) is 10.5. The molecule has 0 saturated carbocycles. The highest BCUT2D eigenvalue weighted by Crippen LogP contribution is 2.27. The maximum Gasteiger partial charge on any atom is 0.115 e. The second-order valence-corrected chi connectivity index (χ2v) is 4.61. The molecule has 0 bridgehead atoms. The number of hydrogen-bond acceptors (Lipinski definition) is 4. The van der Waals surface area contributed by atoms with E-state index >= 15 is 0 Å². The summed E-state index contributed by atoms with van der Waals surface area (Å²) in [7, 11) is 0. The van der Waals surface area contributed by atoms with Gasteiger partial charge in [0, 0.05) is 36.6 Å². The van der Waals surface area contributed by atoms with E-state index in [4.69, 9.17) is 0 Å². The van der Waals surface area contributed by atoms with E-state index < -0.39 is 0 Å². The Morgan fingerprint density at radius 2 is 2.12 bits per heavy atom. The van der Waals surface area contributed by atoms with Gasteiger partial charge in [-0.3, -0.25) is 4.90 Å². The van der Waals surface area contributed by atoms with Crippen molar-refractivity contribution in [1.29, 1.82) is 0 Å². The molecule has 3 unspecified atom stereocenters. The molecule has 0 aliphatic carbocycles. The fourth-order valence-electron chi connectivity index (χ4n) is 2.46. The first kappa shape index (κ1) is 11.5. The molecule has 0 radical (unpaired) electrons. The van der Waals surface area contributed by atoms with Gasteiger partial charge in [0.25, 0.3) is 0 Å². The highest BCUT2D eigenvalue weighted by molar-refractivity contribution is 5.09. The zero-order chi connectivity index (χ0) is 11.5. The Labute approximate surface area is 96.3 Å². The van der Waals surface area contributed by atoms with Crippen LogP contribution in [0.5, 0.6) is 0 Å². The topological polar surface area (TPSA) is 49.2 Å². The van der Waals surface area contributed by atoms with E-state index in [0.29, 0.717) is 12.1 Å². The molecule has 1 aromatic heterocycles. The molecule has 0 spiro atoms. The Morgan fingerprint density at radius 1 is 1.44 bits per heavy atom. The van der Waals surface area contributed by atoms with Crippen LogP contribution in [0.3, 0.4) is 0 Å². The largest absolute Gasteiger partial charge is 0.393 e.